The van der Waals surface area contributed by atoms with Crippen LogP contribution in [0.15, 0.2) is 64.9 Å². The summed E-state index contributed by atoms with van der Waals surface area (Å²) in [4.78, 5) is 13.4. The minimum Gasteiger partial charge on any atom is -0.379 e. The number of morpholine rings is 1. The lowest BCUT2D eigenvalue weighted by Crippen LogP contribution is -2.40. The summed E-state index contributed by atoms with van der Waals surface area (Å²) in [6.45, 7) is 3.68. The number of ether oxygens (including phenoxy) is 1. The number of nitrogens with zero attached hydrogens (tertiary/aromatic N) is 1. The normalized spacial score (nSPS) is 15.0. The van der Waals surface area contributed by atoms with Gasteiger partial charge in [0.05, 0.1) is 13.2 Å². The molecular formula is C23H24N2O4S2. The quantitative estimate of drug-likeness (QED) is 0.602. The Bertz CT molecular complexity index is 1150. The van der Waals surface area contributed by atoms with Crippen LogP contribution in [0.3, 0.4) is 0 Å². The summed E-state index contributed by atoms with van der Waals surface area (Å²) < 4.78 is 32.7. The van der Waals surface area contributed by atoms with Crippen LogP contribution < -0.4 is 5.32 Å². The Kier molecular flexibility index (Phi) is 6.52. The summed E-state index contributed by atoms with van der Waals surface area (Å²) in [5.41, 5.74) is 3.38. The van der Waals surface area contributed by atoms with Crippen LogP contribution in [-0.4, -0.2) is 44.9 Å². The van der Waals surface area contributed by atoms with Crippen LogP contribution in [-0.2, 0) is 21.2 Å². The van der Waals surface area contributed by atoms with Crippen LogP contribution >= 0.6 is 11.3 Å². The zero-order valence-corrected chi connectivity index (χ0v) is 18.8. The van der Waals surface area contributed by atoms with Gasteiger partial charge in [-0.3, -0.25) is 4.79 Å². The highest BCUT2D eigenvalue weighted by Crippen LogP contribution is 2.32. The second kappa shape index (κ2) is 9.32. The molecule has 0 radical (unpaired) electrons. The van der Waals surface area contributed by atoms with Crippen molar-refractivity contribution >= 4 is 33.0 Å². The minimum atomic E-state index is -3.50. The van der Waals surface area contributed by atoms with Crippen molar-refractivity contribution in [2.24, 2.45) is 0 Å². The minimum absolute atomic E-state index is 0.183. The van der Waals surface area contributed by atoms with Crippen molar-refractivity contribution in [2.45, 2.75) is 17.6 Å². The summed E-state index contributed by atoms with van der Waals surface area (Å²) >= 11 is 1.24. The largest absolute Gasteiger partial charge is 0.379 e. The number of anilines is 1. The first-order chi connectivity index (χ1) is 15.0. The van der Waals surface area contributed by atoms with E-state index in [2.05, 4.69) is 12.2 Å². The Morgan fingerprint density at radius 2 is 1.68 bits per heavy atom. The summed E-state index contributed by atoms with van der Waals surface area (Å²) in [5.74, 6) is -0.183. The number of carbonyl (C=O) groups is 1. The van der Waals surface area contributed by atoms with Crippen molar-refractivity contribution in [1.29, 1.82) is 0 Å². The van der Waals surface area contributed by atoms with Gasteiger partial charge >= 0.3 is 0 Å². The molecular weight excluding hydrogens is 432 g/mol. The van der Waals surface area contributed by atoms with E-state index < -0.39 is 10.0 Å². The average molecular weight is 457 g/mol. The van der Waals surface area contributed by atoms with Gasteiger partial charge in [0, 0.05) is 29.2 Å². The van der Waals surface area contributed by atoms with E-state index in [1.54, 1.807) is 18.2 Å². The third kappa shape index (κ3) is 4.88. The van der Waals surface area contributed by atoms with Crippen molar-refractivity contribution in [3.05, 3.63) is 71.8 Å². The Morgan fingerprint density at radius 1 is 1.00 bits per heavy atom. The van der Waals surface area contributed by atoms with Gasteiger partial charge in [0.15, 0.2) is 0 Å². The Labute approximate surface area is 186 Å². The van der Waals surface area contributed by atoms with Gasteiger partial charge in [0.2, 0.25) is 0 Å². The first kappa shape index (κ1) is 21.7. The SMILES string of the molecule is CCc1ccc(NC(=O)c2ccc(-c3ccc(S(=O)(=O)N4CCOCC4)s3)cc2)cc1. The molecule has 0 spiro atoms. The molecule has 0 aliphatic carbocycles. The number of aryl methyl sites for hydroxylation is 1. The highest BCUT2D eigenvalue weighted by Gasteiger charge is 2.27. The molecule has 2 aromatic carbocycles. The molecule has 0 atom stereocenters. The number of hydrogen-bond acceptors (Lipinski definition) is 5. The number of nitrogens with one attached hydrogen (secondary N) is 1. The molecule has 162 valence electrons. The molecule has 1 aliphatic rings. The molecule has 1 N–H and O–H groups in total. The molecule has 1 aliphatic heterocycles. The van der Waals surface area contributed by atoms with Crippen molar-refractivity contribution in [3.8, 4) is 10.4 Å². The standard InChI is InChI=1S/C23H24N2O4S2/c1-2-17-3-9-20(10-4-17)24-23(26)19-7-5-18(6-8-19)21-11-12-22(30-21)31(27,28)25-13-15-29-16-14-25/h3-12H,2,13-16H2,1H3,(H,24,26). The fourth-order valence-electron chi connectivity index (χ4n) is 3.34. The first-order valence-electron chi connectivity index (χ1n) is 10.2. The number of carbonyl (C=O) groups excluding carboxylic acids is 1. The van der Waals surface area contributed by atoms with Crippen LogP contribution in [0.25, 0.3) is 10.4 Å². The molecule has 1 aromatic heterocycles. The Hall–Kier alpha value is -2.52. The molecule has 0 bridgehead atoms. The monoisotopic (exact) mass is 456 g/mol. The maximum Gasteiger partial charge on any atom is 0.255 e. The second-order valence-corrected chi connectivity index (χ2v) is 10.5. The number of amides is 1. The number of sulfonamides is 1. The van der Waals surface area contributed by atoms with Gasteiger partial charge in [-0.05, 0) is 53.9 Å². The molecule has 1 fully saturated rings. The van der Waals surface area contributed by atoms with Gasteiger partial charge in [-0.25, -0.2) is 8.42 Å². The molecule has 6 nitrogen and oxygen atoms in total. The first-order valence-corrected chi connectivity index (χ1v) is 12.4. The van der Waals surface area contributed by atoms with E-state index >= 15 is 0 Å². The molecule has 31 heavy (non-hydrogen) atoms. The van der Waals surface area contributed by atoms with E-state index in [9.17, 15) is 13.2 Å². The van der Waals surface area contributed by atoms with Crippen molar-refractivity contribution in [1.82, 2.24) is 4.31 Å². The van der Waals surface area contributed by atoms with E-state index in [0.29, 0.717) is 36.1 Å². The van der Waals surface area contributed by atoms with Gasteiger partial charge in [-0.1, -0.05) is 31.2 Å². The maximum absolute atomic E-state index is 12.8. The van der Waals surface area contributed by atoms with Crippen LogP contribution in [0.4, 0.5) is 5.69 Å². The smallest absolute Gasteiger partial charge is 0.255 e. The summed E-state index contributed by atoms with van der Waals surface area (Å²) in [6.07, 6.45) is 0.952. The topological polar surface area (TPSA) is 75.7 Å². The van der Waals surface area contributed by atoms with Crippen molar-refractivity contribution in [3.63, 3.8) is 0 Å². The Morgan fingerprint density at radius 3 is 2.32 bits per heavy atom. The number of rotatable bonds is 6. The van der Waals surface area contributed by atoms with Crippen molar-refractivity contribution in [2.75, 3.05) is 31.6 Å². The van der Waals surface area contributed by atoms with Gasteiger partial charge in [-0.15, -0.1) is 11.3 Å². The molecule has 4 rings (SSSR count). The van der Waals surface area contributed by atoms with Crippen LogP contribution in [0, 0.1) is 0 Å². The number of hydrogen-bond donors (Lipinski definition) is 1. The van der Waals surface area contributed by atoms with Gasteiger partial charge < -0.3 is 10.1 Å². The Balaban J connectivity index is 1.46. The zero-order valence-electron chi connectivity index (χ0n) is 17.2. The molecule has 0 unspecified atom stereocenters. The third-order valence-electron chi connectivity index (χ3n) is 5.20. The van der Waals surface area contributed by atoms with E-state index in [-0.39, 0.29) is 5.91 Å². The summed E-state index contributed by atoms with van der Waals surface area (Å²) in [6, 6.07) is 18.4. The van der Waals surface area contributed by atoms with Crippen LogP contribution in [0.5, 0.6) is 0 Å². The average Bonchev–Trinajstić information content (AvgIpc) is 3.31. The van der Waals surface area contributed by atoms with Gasteiger partial charge in [-0.2, -0.15) is 4.31 Å². The van der Waals surface area contributed by atoms with E-state index in [0.717, 1.165) is 22.5 Å². The van der Waals surface area contributed by atoms with E-state index in [1.807, 2.05) is 42.5 Å². The molecule has 2 heterocycles. The fraction of sp³-hybridized carbons (Fsp3) is 0.261. The fourth-order valence-corrected chi connectivity index (χ4v) is 6.21. The second-order valence-electron chi connectivity index (χ2n) is 7.22. The number of benzene rings is 2. The molecule has 0 saturated carbocycles. The molecule has 8 heteroatoms. The van der Waals surface area contributed by atoms with E-state index in [4.69, 9.17) is 4.74 Å². The molecule has 1 saturated heterocycles. The molecule has 1 amide bonds. The number of thiophene rings is 1. The van der Waals surface area contributed by atoms with Crippen LogP contribution in [0.2, 0.25) is 0 Å². The lowest BCUT2D eigenvalue weighted by Gasteiger charge is -2.25. The summed E-state index contributed by atoms with van der Waals surface area (Å²) in [5, 5.41) is 2.90. The maximum atomic E-state index is 12.8. The van der Waals surface area contributed by atoms with Crippen LogP contribution in [0.1, 0.15) is 22.8 Å². The zero-order chi connectivity index (χ0) is 21.8. The highest BCUT2D eigenvalue weighted by atomic mass is 32.2. The highest BCUT2D eigenvalue weighted by molar-refractivity contribution is 7.91. The van der Waals surface area contributed by atoms with E-state index in [1.165, 1.54) is 21.2 Å². The lowest BCUT2D eigenvalue weighted by molar-refractivity contribution is 0.0731. The van der Waals surface area contributed by atoms with Gasteiger partial charge in [0.25, 0.3) is 15.9 Å². The van der Waals surface area contributed by atoms with Crippen molar-refractivity contribution < 1.29 is 17.9 Å². The lowest BCUT2D eigenvalue weighted by atomic mass is 10.1. The predicted molar refractivity (Wildman–Crippen MR) is 123 cm³/mol. The summed E-state index contributed by atoms with van der Waals surface area (Å²) in [7, 11) is -3.50. The van der Waals surface area contributed by atoms with Gasteiger partial charge in [0.1, 0.15) is 4.21 Å². The predicted octanol–water partition coefficient (Wildman–Crippen LogP) is 4.25. The molecule has 3 aromatic rings. The third-order valence-corrected chi connectivity index (χ3v) is 8.70.